The van der Waals surface area contributed by atoms with Crippen LogP contribution in [-0.4, -0.2) is 25.0 Å². The quantitative estimate of drug-likeness (QED) is 0.334. The van der Waals surface area contributed by atoms with Gasteiger partial charge in [-0.1, -0.05) is 54.6 Å². The molecule has 0 fully saturated rings. The lowest BCUT2D eigenvalue weighted by atomic mass is 10.0. The van der Waals surface area contributed by atoms with E-state index < -0.39 is 0 Å². The molecular formula is C24H19NO4. The van der Waals surface area contributed by atoms with Crippen LogP contribution in [0.1, 0.15) is 21.8 Å². The third-order valence-electron chi connectivity index (χ3n) is 4.54. The van der Waals surface area contributed by atoms with Gasteiger partial charge in [0.15, 0.2) is 22.9 Å². The minimum Gasteiger partial charge on any atom is -0.493 e. The summed E-state index contributed by atoms with van der Waals surface area (Å²) in [5.74, 6) is 1.17. The van der Waals surface area contributed by atoms with Crippen LogP contribution in [0.2, 0.25) is 0 Å². The average molecular weight is 385 g/mol. The summed E-state index contributed by atoms with van der Waals surface area (Å²) >= 11 is 0. The highest BCUT2D eigenvalue weighted by molar-refractivity contribution is 6.31. The number of ketones is 1. The number of carbonyl (C=O) groups excluding carboxylic acids is 1. The van der Waals surface area contributed by atoms with Gasteiger partial charge in [0.05, 0.1) is 19.8 Å². The highest BCUT2D eigenvalue weighted by Crippen LogP contribution is 2.34. The molecule has 0 spiro atoms. The zero-order valence-corrected chi connectivity index (χ0v) is 16.1. The highest BCUT2D eigenvalue weighted by Gasteiger charge is 2.21. The summed E-state index contributed by atoms with van der Waals surface area (Å²) in [7, 11) is 3.13. The molecule has 1 heterocycles. The SMILES string of the molecule is COc1cccc(/C=C(/C(=O)c2ccccc2)c2nc3ccccc3o2)c1OC. The van der Waals surface area contributed by atoms with Gasteiger partial charge in [0.25, 0.3) is 0 Å². The zero-order chi connectivity index (χ0) is 20.2. The number of hydrogen-bond donors (Lipinski definition) is 0. The summed E-state index contributed by atoms with van der Waals surface area (Å²) in [4.78, 5) is 17.9. The third kappa shape index (κ3) is 3.62. The van der Waals surface area contributed by atoms with Gasteiger partial charge in [-0.25, -0.2) is 4.98 Å². The molecule has 144 valence electrons. The zero-order valence-electron chi connectivity index (χ0n) is 16.1. The van der Waals surface area contributed by atoms with Crippen LogP contribution in [0.15, 0.2) is 77.2 Å². The van der Waals surface area contributed by atoms with E-state index in [2.05, 4.69) is 4.98 Å². The Morgan fingerprint density at radius 3 is 2.38 bits per heavy atom. The van der Waals surface area contributed by atoms with E-state index in [9.17, 15) is 4.79 Å². The maximum absolute atomic E-state index is 13.3. The molecule has 0 saturated heterocycles. The van der Waals surface area contributed by atoms with Gasteiger partial charge in [-0.2, -0.15) is 0 Å². The molecule has 4 rings (SSSR count). The number of hydrogen-bond acceptors (Lipinski definition) is 5. The molecule has 0 aliphatic rings. The summed E-state index contributed by atoms with van der Waals surface area (Å²) in [6.45, 7) is 0. The van der Waals surface area contributed by atoms with Crippen molar-refractivity contribution in [3.05, 3.63) is 89.8 Å². The molecular weight excluding hydrogens is 366 g/mol. The number of allylic oxidation sites excluding steroid dienone is 1. The van der Waals surface area contributed by atoms with Crippen molar-refractivity contribution in [1.82, 2.24) is 4.98 Å². The van der Waals surface area contributed by atoms with Crippen molar-refractivity contribution >= 4 is 28.5 Å². The standard InChI is InChI=1S/C24H19NO4/c1-27-21-14-8-11-17(23(21)28-2)15-18(22(26)16-9-4-3-5-10-16)24-25-19-12-6-7-13-20(19)29-24/h3-15H,1-2H3/b18-15-. The van der Waals surface area contributed by atoms with Crippen molar-refractivity contribution < 1.29 is 18.7 Å². The summed E-state index contributed by atoms with van der Waals surface area (Å²) in [5, 5.41) is 0. The van der Waals surface area contributed by atoms with Gasteiger partial charge in [-0.15, -0.1) is 0 Å². The molecule has 0 bridgehead atoms. The molecule has 0 N–H and O–H groups in total. The Morgan fingerprint density at radius 1 is 0.897 bits per heavy atom. The number of nitrogens with zero attached hydrogens (tertiary/aromatic N) is 1. The second kappa shape index (κ2) is 8.02. The number of aromatic nitrogens is 1. The Hall–Kier alpha value is -3.86. The fourth-order valence-corrected chi connectivity index (χ4v) is 3.14. The van der Waals surface area contributed by atoms with Crippen LogP contribution in [0.25, 0.3) is 22.7 Å². The van der Waals surface area contributed by atoms with E-state index >= 15 is 0 Å². The molecule has 0 amide bonds. The number of fused-ring (bicyclic) bond motifs is 1. The molecule has 29 heavy (non-hydrogen) atoms. The third-order valence-corrected chi connectivity index (χ3v) is 4.54. The summed E-state index contributed by atoms with van der Waals surface area (Å²) in [6, 6.07) is 21.9. The largest absolute Gasteiger partial charge is 0.493 e. The van der Waals surface area contributed by atoms with E-state index in [-0.39, 0.29) is 11.7 Å². The second-order valence-electron chi connectivity index (χ2n) is 6.32. The number of carbonyl (C=O) groups is 1. The lowest BCUT2D eigenvalue weighted by Crippen LogP contribution is -2.03. The van der Waals surface area contributed by atoms with Crippen LogP contribution >= 0.6 is 0 Å². The Labute approximate surface area is 168 Å². The molecule has 4 aromatic rings. The highest BCUT2D eigenvalue weighted by atomic mass is 16.5. The molecule has 0 saturated carbocycles. The normalized spacial score (nSPS) is 11.4. The van der Waals surface area contributed by atoms with Crippen LogP contribution in [0.3, 0.4) is 0 Å². The average Bonchev–Trinajstić information content (AvgIpc) is 3.21. The smallest absolute Gasteiger partial charge is 0.231 e. The molecule has 0 radical (unpaired) electrons. The predicted octanol–water partition coefficient (Wildman–Crippen LogP) is 5.27. The fourth-order valence-electron chi connectivity index (χ4n) is 3.14. The van der Waals surface area contributed by atoms with Crippen molar-refractivity contribution in [1.29, 1.82) is 0 Å². The fraction of sp³-hybridized carbons (Fsp3) is 0.0833. The maximum atomic E-state index is 13.3. The Balaban J connectivity index is 1.91. The molecule has 3 aromatic carbocycles. The minimum atomic E-state index is -0.193. The van der Waals surface area contributed by atoms with Crippen LogP contribution < -0.4 is 9.47 Å². The topological polar surface area (TPSA) is 61.6 Å². The van der Waals surface area contributed by atoms with Crippen LogP contribution in [0.4, 0.5) is 0 Å². The summed E-state index contributed by atoms with van der Waals surface area (Å²) in [6.07, 6.45) is 1.72. The van der Waals surface area contributed by atoms with E-state index in [4.69, 9.17) is 13.9 Å². The summed E-state index contributed by atoms with van der Waals surface area (Å²) in [5.41, 5.74) is 2.87. The first-order chi connectivity index (χ1) is 14.2. The lowest BCUT2D eigenvalue weighted by molar-refractivity contribution is 0.105. The molecule has 0 unspecified atom stereocenters. The number of benzene rings is 3. The van der Waals surface area contributed by atoms with Crippen molar-refractivity contribution in [2.75, 3.05) is 14.2 Å². The van der Waals surface area contributed by atoms with E-state index in [1.54, 1.807) is 38.5 Å². The van der Waals surface area contributed by atoms with Gasteiger partial charge < -0.3 is 13.9 Å². The first kappa shape index (κ1) is 18.5. The van der Waals surface area contributed by atoms with Crippen LogP contribution in [-0.2, 0) is 0 Å². The Kier molecular flexibility index (Phi) is 5.12. The summed E-state index contributed by atoms with van der Waals surface area (Å²) < 4.78 is 16.8. The van der Waals surface area contributed by atoms with Crippen LogP contribution in [0.5, 0.6) is 11.5 Å². The molecule has 0 aliphatic heterocycles. The van der Waals surface area contributed by atoms with E-state index in [0.717, 1.165) is 0 Å². The lowest BCUT2D eigenvalue weighted by Gasteiger charge is -2.11. The number of Topliss-reactive ketones (excluding diaryl/α,β-unsaturated/α-hetero) is 1. The first-order valence-corrected chi connectivity index (χ1v) is 9.09. The molecule has 0 atom stereocenters. The van der Waals surface area contributed by atoms with Crippen molar-refractivity contribution in [2.45, 2.75) is 0 Å². The monoisotopic (exact) mass is 385 g/mol. The molecule has 0 aliphatic carbocycles. The van der Waals surface area contributed by atoms with Gasteiger partial charge in [-0.3, -0.25) is 4.79 Å². The predicted molar refractivity (Wildman–Crippen MR) is 112 cm³/mol. The molecule has 5 nitrogen and oxygen atoms in total. The number of methoxy groups -OCH3 is 2. The van der Waals surface area contributed by atoms with Crippen molar-refractivity contribution in [2.24, 2.45) is 0 Å². The van der Waals surface area contributed by atoms with E-state index in [1.165, 1.54) is 0 Å². The molecule has 1 aromatic heterocycles. The van der Waals surface area contributed by atoms with Crippen molar-refractivity contribution in [3.63, 3.8) is 0 Å². The Bertz CT molecular complexity index is 1160. The number of ether oxygens (including phenoxy) is 2. The van der Waals surface area contributed by atoms with Gasteiger partial charge in [0.1, 0.15) is 5.52 Å². The number of oxazole rings is 1. The number of rotatable bonds is 6. The maximum Gasteiger partial charge on any atom is 0.231 e. The first-order valence-electron chi connectivity index (χ1n) is 9.09. The van der Waals surface area contributed by atoms with Gasteiger partial charge in [-0.05, 0) is 24.3 Å². The second-order valence-corrected chi connectivity index (χ2v) is 6.32. The van der Waals surface area contributed by atoms with E-state index in [1.807, 2.05) is 54.6 Å². The van der Waals surface area contributed by atoms with Gasteiger partial charge in [0, 0.05) is 11.1 Å². The van der Waals surface area contributed by atoms with Crippen molar-refractivity contribution in [3.8, 4) is 11.5 Å². The Morgan fingerprint density at radius 2 is 1.66 bits per heavy atom. The van der Waals surface area contributed by atoms with Gasteiger partial charge >= 0.3 is 0 Å². The number of para-hydroxylation sites is 3. The van der Waals surface area contributed by atoms with E-state index in [0.29, 0.717) is 39.3 Å². The minimum absolute atomic E-state index is 0.193. The van der Waals surface area contributed by atoms with Crippen LogP contribution in [0, 0.1) is 0 Å². The van der Waals surface area contributed by atoms with Gasteiger partial charge in [0.2, 0.25) is 5.89 Å². The molecule has 5 heteroatoms.